The third kappa shape index (κ3) is 3.67. The minimum atomic E-state index is -1.10. The van der Waals surface area contributed by atoms with Gasteiger partial charge in [-0.05, 0) is 26.3 Å². The van der Waals surface area contributed by atoms with Gasteiger partial charge in [0.1, 0.15) is 6.04 Å². The highest BCUT2D eigenvalue weighted by molar-refractivity contribution is 5.81. The molecule has 2 rings (SSSR count). The van der Waals surface area contributed by atoms with Gasteiger partial charge in [-0.3, -0.25) is 4.79 Å². The fraction of sp³-hybridized carbons (Fsp3) is 0.636. The zero-order valence-electron chi connectivity index (χ0n) is 11.0. The molecule has 1 saturated heterocycles. The summed E-state index contributed by atoms with van der Waals surface area (Å²) in [6.45, 7) is 2.36. The number of nitrogens with zero attached hydrogens (tertiary/aromatic N) is 2. The molecule has 1 aliphatic rings. The molecule has 1 aliphatic heterocycles. The monoisotopic (exact) mass is 283 g/mol. The van der Waals surface area contributed by atoms with Crippen molar-refractivity contribution in [3.05, 3.63) is 11.7 Å². The molecule has 1 fully saturated rings. The van der Waals surface area contributed by atoms with E-state index in [1.165, 1.54) is 6.92 Å². The Bertz CT molecular complexity index is 483. The lowest BCUT2D eigenvalue weighted by Crippen LogP contribution is -2.44. The topological polar surface area (TPSA) is 129 Å². The molecule has 4 N–H and O–H groups in total. The van der Waals surface area contributed by atoms with Crippen molar-refractivity contribution in [2.45, 2.75) is 38.4 Å². The van der Waals surface area contributed by atoms with Gasteiger partial charge in [0.2, 0.25) is 5.89 Å². The van der Waals surface area contributed by atoms with Crippen LogP contribution in [-0.2, 0) is 11.3 Å². The van der Waals surface area contributed by atoms with Crippen LogP contribution in [-0.4, -0.2) is 39.8 Å². The van der Waals surface area contributed by atoms with Crippen LogP contribution in [0.2, 0.25) is 0 Å². The van der Waals surface area contributed by atoms with Crippen molar-refractivity contribution in [2.75, 3.05) is 6.54 Å². The standard InChI is InChI=1S/C11H17N5O4/c1-6(10(17)18)14-11(19)13-5-8-15-9(16-20-8)7-3-2-4-12-7/h6-7,12H,2-5H2,1H3,(H,17,18)(H2,13,14,19). The van der Waals surface area contributed by atoms with Crippen LogP contribution >= 0.6 is 0 Å². The highest BCUT2D eigenvalue weighted by atomic mass is 16.5. The second-order valence-electron chi connectivity index (χ2n) is 4.58. The van der Waals surface area contributed by atoms with E-state index in [1.807, 2.05) is 0 Å². The Labute approximate surface area is 115 Å². The molecule has 9 heteroatoms. The first-order valence-corrected chi connectivity index (χ1v) is 6.39. The number of carbonyl (C=O) groups is 2. The molecular weight excluding hydrogens is 266 g/mol. The minimum absolute atomic E-state index is 0.0535. The van der Waals surface area contributed by atoms with Gasteiger partial charge in [-0.15, -0.1) is 0 Å². The lowest BCUT2D eigenvalue weighted by atomic mass is 10.2. The van der Waals surface area contributed by atoms with E-state index in [1.54, 1.807) is 0 Å². The highest BCUT2D eigenvalue weighted by Gasteiger charge is 2.21. The Morgan fingerprint density at radius 3 is 3.05 bits per heavy atom. The largest absolute Gasteiger partial charge is 0.480 e. The summed E-state index contributed by atoms with van der Waals surface area (Å²) < 4.78 is 5.02. The molecule has 20 heavy (non-hydrogen) atoms. The van der Waals surface area contributed by atoms with Gasteiger partial charge in [-0.1, -0.05) is 5.16 Å². The molecule has 0 radical (unpaired) electrons. The molecule has 0 aromatic carbocycles. The fourth-order valence-electron chi connectivity index (χ4n) is 1.85. The number of hydrogen-bond acceptors (Lipinski definition) is 6. The van der Waals surface area contributed by atoms with Crippen molar-refractivity contribution in [3.63, 3.8) is 0 Å². The molecule has 2 unspecified atom stereocenters. The number of amides is 2. The van der Waals surface area contributed by atoms with Crippen LogP contribution in [0.4, 0.5) is 4.79 Å². The number of hydrogen-bond donors (Lipinski definition) is 4. The van der Waals surface area contributed by atoms with Crippen molar-refractivity contribution in [3.8, 4) is 0 Å². The van der Waals surface area contributed by atoms with E-state index >= 15 is 0 Å². The van der Waals surface area contributed by atoms with Gasteiger partial charge in [0.25, 0.3) is 0 Å². The van der Waals surface area contributed by atoms with E-state index in [0.717, 1.165) is 19.4 Å². The van der Waals surface area contributed by atoms with Gasteiger partial charge < -0.3 is 25.6 Å². The number of nitrogens with one attached hydrogen (secondary N) is 3. The minimum Gasteiger partial charge on any atom is -0.480 e. The normalized spacial score (nSPS) is 19.6. The van der Waals surface area contributed by atoms with Gasteiger partial charge in [-0.25, -0.2) is 4.79 Å². The van der Waals surface area contributed by atoms with E-state index in [-0.39, 0.29) is 18.5 Å². The zero-order valence-corrected chi connectivity index (χ0v) is 11.0. The first kappa shape index (κ1) is 14.3. The summed E-state index contributed by atoms with van der Waals surface area (Å²) in [7, 11) is 0. The summed E-state index contributed by atoms with van der Waals surface area (Å²) in [6, 6.07) is -1.46. The molecule has 9 nitrogen and oxygen atoms in total. The molecule has 110 valence electrons. The number of urea groups is 1. The molecule has 0 spiro atoms. The average molecular weight is 283 g/mol. The van der Waals surface area contributed by atoms with Gasteiger partial charge in [0, 0.05) is 0 Å². The van der Waals surface area contributed by atoms with Crippen LogP contribution in [0.3, 0.4) is 0 Å². The van der Waals surface area contributed by atoms with Crippen LogP contribution in [0.25, 0.3) is 0 Å². The lowest BCUT2D eigenvalue weighted by Gasteiger charge is -2.09. The Kier molecular flexibility index (Phi) is 4.51. The molecule has 2 amide bonds. The third-order valence-electron chi connectivity index (χ3n) is 2.97. The molecule has 2 atom stereocenters. The van der Waals surface area contributed by atoms with Crippen molar-refractivity contribution in [2.24, 2.45) is 0 Å². The predicted molar refractivity (Wildman–Crippen MR) is 66.7 cm³/mol. The van der Waals surface area contributed by atoms with Crippen molar-refractivity contribution < 1.29 is 19.2 Å². The number of carboxylic acids is 1. The quantitative estimate of drug-likeness (QED) is 0.587. The second kappa shape index (κ2) is 6.33. The molecule has 0 saturated carbocycles. The average Bonchev–Trinajstić information content (AvgIpc) is 3.07. The van der Waals surface area contributed by atoms with E-state index in [2.05, 4.69) is 26.1 Å². The Morgan fingerprint density at radius 1 is 1.60 bits per heavy atom. The summed E-state index contributed by atoms with van der Waals surface area (Å²) in [5.74, 6) is -0.238. The van der Waals surface area contributed by atoms with E-state index in [9.17, 15) is 9.59 Å². The molecule has 2 heterocycles. The fourth-order valence-corrected chi connectivity index (χ4v) is 1.85. The Balaban J connectivity index is 1.79. The lowest BCUT2D eigenvalue weighted by molar-refractivity contribution is -0.138. The third-order valence-corrected chi connectivity index (χ3v) is 2.97. The number of aromatic nitrogens is 2. The molecular formula is C11H17N5O4. The summed E-state index contributed by atoms with van der Waals surface area (Å²) in [6.07, 6.45) is 2.03. The molecule has 0 aliphatic carbocycles. The van der Waals surface area contributed by atoms with Crippen LogP contribution in [0.1, 0.15) is 37.5 Å². The Morgan fingerprint density at radius 2 is 2.40 bits per heavy atom. The van der Waals surface area contributed by atoms with Gasteiger partial charge in [0.15, 0.2) is 5.82 Å². The maximum absolute atomic E-state index is 11.4. The van der Waals surface area contributed by atoms with Crippen LogP contribution in [0.5, 0.6) is 0 Å². The van der Waals surface area contributed by atoms with Crippen molar-refractivity contribution in [1.82, 2.24) is 26.1 Å². The predicted octanol–water partition coefficient (Wildman–Crippen LogP) is -0.234. The van der Waals surface area contributed by atoms with Crippen LogP contribution in [0, 0.1) is 0 Å². The number of aliphatic carboxylic acids is 1. The SMILES string of the molecule is CC(NC(=O)NCc1nc(C2CCCN2)no1)C(=O)O. The number of carboxylic acid groups (broad SMARTS) is 1. The van der Waals surface area contributed by atoms with Crippen molar-refractivity contribution in [1.29, 1.82) is 0 Å². The van der Waals surface area contributed by atoms with Crippen LogP contribution in [0.15, 0.2) is 4.52 Å². The van der Waals surface area contributed by atoms with E-state index in [0.29, 0.717) is 5.82 Å². The number of rotatable bonds is 5. The smallest absolute Gasteiger partial charge is 0.325 e. The molecule has 0 bridgehead atoms. The van der Waals surface area contributed by atoms with Crippen LogP contribution < -0.4 is 16.0 Å². The first-order chi connectivity index (χ1) is 9.56. The maximum atomic E-state index is 11.4. The van der Waals surface area contributed by atoms with Crippen molar-refractivity contribution >= 4 is 12.0 Å². The summed E-state index contributed by atoms with van der Waals surface area (Å²) >= 11 is 0. The summed E-state index contributed by atoms with van der Waals surface area (Å²) in [5.41, 5.74) is 0. The highest BCUT2D eigenvalue weighted by Crippen LogP contribution is 2.19. The number of carbonyl (C=O) groups excluding carboxylic acids is 1. The maximum Gasteiger partial charge on any atom is 0.325 e. The second-order valence-corrected chi connectivity index (χ2v) is 4.58. The van der Waals surface area contributed by atoms with E-state index in [4.69, 9.17) is 9.63 Å². The van der Waals surface area contributed by atoms with Gasteiger partial charge in [0.05, 0.1) is 12.6 Å². The van der Waals surface area contributed by atoms with Gasteiger partial charge in [-0.2, -0.15) is 4.98 Å². The van der Waals surface area contributed by atoms with Gasteiger partial charge >= 0.3 is 12.0 Å². The summed E-state index contributed by atoms with van der Waals surface area (Å²) in [4.78, 5) is 26.2. The zero-order chi connectivity index (χ0) is 14.5. The summed E-state index contributed by atoms with van der Waals surface area (Å²) in [5, 5.41) is 20.5. The molecule has 1 aromatic heterocycles. The first-order valence-electron chi connectivity index (χ1n) is 6.39. The van der Waals surface area contributed by atoms with E-state index < -0.39 is 18.0 Å². The Hall–Kier alpha value is -2.16. The molecule has 1 aromatic rings.